The first-order valence-electron chi connectivity index (χ1n) is 7.21. The number of nitrogens with zero attached hydrogens (tertiary/aromatic N) is 1. The summed E-state index contributed by atoms with van der Waals surface area (Å²) in [6, 6.07) is 8.92. The molecule has 1 aromatic heterocycles. The molecule has 0 saturated heterocycles. The van der Waals surface area contributed by atoms with Crippen LogP contribution in [0.3, 0.4) is 0 Å². The third-order valence-corrected chi connectivity index (χ3v) is 4.38. The number of hydrogen-bond acceptors (Lipinski definition) is 3. The summed E-state index contributed by atoms with van der Waals surface area (Å²) in [6.45, 7) is 3.95. The van der Waals surface area contributed by atoms with Crippen molar-refractivity contribution in [3.63, 3.8) is 0 Å². The number of amides is 1. The van der Waals surface area contributed by atoms with Crippen LogP contribution < -0.4 is 5.32 Å². The number of benzene rings is 2. The minimum atomic E-state index is -2.09. The Morgan fingerprint density at radius 3 is 2.56 bits per heavy atom. The monoisotopic (exact) mass is 416 g/mol. The van der Waals surface area contributed by atoms with Crippen molar-refractivity contribution >= 4 is 69.1 Å². The lowest BCUT2D eigenvalue weighted by atomic mass is 10.1. The zero-order valence-corrected chi connectivity index (χ0v) is 16.2. The Balaban J connectivity index is 2.02. The molecule has 130 valence electrons. The fraction of sp³-hybridized carbons (Fsp3) is 0.176. The van der Waals surface area contributed by atoms with Crippen molar-refractivity contribution in [2.75, 3.05) is 5.32 Å². The molecule has 0 saturated carbocycles. The maximum Gasteiger partial charge on any atom is 0.276 e. The fourth-order valence-corrected chi connectivity index (χ4v) is 2.75. The van der Waals surface area contributed by atoms with E-state index in [4.69, 9.17) is 50.8 Å². The number of hydrogen-bond donors (Lipinski definition) is 1. The average Bonchev–Trinajstić information content (AvgIpc) is 2.92. The van der Waals surface area contributed by atoms with Gasteiger partial charge in [0.25, 0.3) is 9.70 Å². The van der Waals surface area contributed by atoms with Gasteiger partial charge in [-0.05, 0) is 49.2 Å². The topological polar surface area (TPSA) is 55.1 Å². The van der Waals surface area contributed by atoms with Crippen LogP contribution in [0.25, 0.3) is 22.6 Å². The van der Waals surface area contributed by atoms with Crippen LogP contribution in [0.1, 0.15) is 11.1 Å². The van der Waals surface area contributed by atoms with Crippen LogP contribution in [0.2, 0.25) is 5.02 Å². The zero-order chi connectivity index (χ0) is 18.4. The van der Waals surface area contributed by atoms with Crippen molar-refractivity contribution in [3.8, 4) is 11.5 Å². The van der Waals surface area contributed by atoms with E-state index >= 15 is 0 Å². The largest absolute Gasteiger partial charge is 0.436 e. The molecule has 8 heteroatoms. The number of carbonyl (C=O) groups is 1. The molecule has 0 aliphatic rings. The molecule has 2 aromatic carbocycles. The molecule has 0 aliphatic carbocycles. The van der Waals surface area contributed by atoms with Crippen LogP contribution in [0.5, 0.6) is 0 Å². The van der Waals surface area contributed by atoms with Crippen LogP contribution >= 0.6 is 46.4 Å². The lowest BCUT2D eigenvalue weighted by Crippen LogP contribution is -2.27. The van der Waals surface area contributed by atoms with E-state index in [1.165, 1.54) is 0 Å². The highest BCUT2D eigenvalue weighted by Crippen LogP contribution is 2.33. The first kappa shape index (κ1) is 18.3. The van der Waals surface area contributed by atoms with E-state index in [0.29, 0.717) is 27.7 Å². The molecule has 1 amide bonds. The maximum atomic E-state index is 11.9. The normalized spacial score (nSPS) is 11.8. The van der Waals surface area contributed by atoms with Crippen LogP contribution in [-0.2, 0) is 4.79 Å². The van der Waals surface area contributed by atoms with E-state index in [-0.39, 0.29) is 0 Å². The number of aromatic nitrogens is 1. The Morgan fingerprint density at radius 1 is 1.16 bits per heavy atom. The minimum Gasteiger partial charge on any atom is -0.436 e. The first-order chi connectivity index (χ1) is 11.6. The van der Waals surface area contributed by atoms with Crippen LogP contribution in [0, 0.1) is 13.8 Å². The molecule has 0 atom stereocenters. The molecular weight excluding hydrogens is 406 g/mol. The summed E-state index contributed by atoms with van der Waals surface area (Å²) >= 11 is 22.8. The third-order valence-electron chi connectivity index (χ3n) is 3.54. The first-order valence-corrected chi connectivity index (χ1v) is 8.72. The molecule has 3 rings (SSSR count). The number of aryl methyl sites for hydroxylation is 2. The molecule has 0 fully saturated rings. The van der Waals surface area contributed by atoms with Gasteiger partial charge in [-0.25, -0.2) is 4.98 Å². The van der Waals surface area contributed by atoms with Crippen molar-refractivity contribution in [1.29, 1.82) is 0 Å². The van der Waals surface area contributed by atoms with Gasteiger partial charge in [-0.3, -0.25) is 4.79 Å². The molecule has 3 aromatic rings. The quantitative estimate of drug-likeness (QED) is 0.514. The van der Waals surface area contributed by atoms with Crippen molar-refractivity contribution in [3.05, 3.63) is 46.5 Å². The molecule has 0 radical (unpaired) electrons. The van der Waals surface area contributed by atoms with E-state index in [1.54, 1.807) is 18.2 Å². The molecule has 0 bridgehead atoms. The van der Waals surface area contributed by atoms with Gasteiger partial charge in [-0.15, -0.1) is 0 Å². The number of rotatable bonds is 2. The second-order valence-corrected chi connectivity index (χ2v) is 8.28. The SMILES string of the molecule is Cc1cc(C)c2oc(-c3ccc(Cl)c(NC(=O)C(Cl)(Cl)Cl)c3)nc2c1. The Morgan fingerprint density at radius 2 is 1.88 bits per heavy atom. The number of carbonyl (C=O) groups excluding carboxylic acids is 1. The molecule has 0 aliphatic heterocycles. The summed E-state index contributed by atoms with van der Waals surface area (Å²) in [5.74, 6) is -0.398. The number of nitrogens with one attached hydrogen (secondary N) is 1. The van der Waals surface area contributed by atoms with Crippen LogP contribution in [0.15, 0.2) is 34.7 Å². The van der Waals surface area contributed by atoms with Gasteiger partial charge in [0.05, 0.1) is 10.7 Å². The molecular formula is C17H12Cl4N2O2. The third kappa shape index (κ3) is 3.87. The molecule has 1 N–H and O–H groups in total. The smallest absolute Gasteiger partial charge is 0.276 e. The summed E-state index contributed by atoms with van der Waals surface area (Å²) in [7, 11) is 0. The number of oxazole rings is 1. The van der Waals surface area contributed by atoms with Crippen LogP contribution in [-0.4, -0.2) is 14.7 Å². The zero-order valence-electron chi connectivity index (χ0n) is 13.2. The van der Waals surface area contributed by atoms with Crippen molar-refractivity contribution in [2.45, 2.75) is 17.6 Å². The van der Waals surface area contributed by atoms with Gasteiger partial charge >= 0.3 is 0 Å². The fourth-order valence-electron chi connectivity index (χ4n) is 2.45. The number of anilines is 1. The Labute approximate surface area is 164 Å². The second kappa shape index (κ2) is 6.69. The predicted molar refractivity (Wildman–Crippen MR) is 103 cm³/mol. The van der Waals surface area contributed by atoms with E-state index in [1.807, 2.05) is 26.0 Å². The maximum absolute atomic E-state index is 11.9. The van der Waals surface area contributed by atoms with Gasteiger partial charge in [-0.1, -0.05) is 52.5 Å². The summed E-state index contributed by atoms with van der Waals surface area (Å²) in [5, 5.41) is 2.78. The lowest BCUT2D eigenvalue weighted by Gasteiger charge is -2.13. The van der Waals surface area contributed by atoms with Gasteiger partial charge in [-0.2, -0.15) is 0 Å². The van der Waals surface area contributed by atoms with Gasteiger partial charge in [0.15, 0.2) is 5.58 Å². The van der Waals surface area contributed by atoms with Crippen molar-refractivity contribution in [2.24, 2.45) is 0 Å². The van der Waals surface area contributed by atoms with E-state index in [9.17, 15) is 4.79 Å². The van der Waals surface area contributed by atoms with Gasteiger partial charge in [0.2, 0.25) is 5.89 Å². The van der Waals surface area contributed by atoms with E-state index < -0.39 is 9.70 Å². The second-order valence-electron chi connectivity index (χ2n) is 5.60. The highest BCUT2D eigenvalue weighted by molar-refractivity contribution is 6.76. The average molecular weight is 418 g/mol. The molecule has 0 spiro atoms. The number of alkyl halides is 3. The van der Waals surface area contributed by atoms with Gasteiger partial charge < -0.3 is 9.73 Å². The Bertz CT molecular complexity index is 977. The van der Waals surface area contributed by atoms with Crippen molar-refractivity contribution in [1.82, 2.24) is 4.98 Å². The summed E-state index contributed by atoms with van der Waals surface area (Å²) in [6.07, 6.45) is 0. The van der Waals surface area contributed by atoms with Gasteiger partial charge in [0.1, 0.15) is 5.52 Å². The summed E-state index contributed by atoms with van der Waals surface area (Å²) in [5.41, 5.74) is 4.49. The standard InChI is InChI=1S/C17H12Cl4N2O2/c1-8-5-9(2)14-13(6-8)22-15(25-14)10-3-4-11(18)12(7-10)23-16(24)17(19,20)21/h3-7H,1-2H3,(H,23,24). The molecule has 4 nitrogen and oxygen atoms in total. The molecule has 1 heterocycles. The highest BCUT2D eigenvalue weighted by Gasteiger charge is 2.31. The molecule has 0 unspecified atom stereocenters. The Hall–Kier alpha value is -1.46. The summed E-state index contributed by atoms with van der Waals surface area (Å²) in [4.78, 5) is 16.4. The Kier molecular flexibility index (Phi) is 4.91. The van der Waals surface area contributed by atoms with Gasteiger partial charge in [0, 0.05) is 5.56 Å². The minimum absolute atomic E-state index is 0.297. The van der Waals surface area contributed by atoms with Crippen molar-refractivity contribution < 1.29 is 9.21 Å². The van der Waals surface area contributed by atoms with Crippen LogP contribution in [0.4, 0.5) is 5.69 Å². The lowest BCUT2D eigenvalue weighted by molar-refractivity contribution is -0.115. The highest BCUT2D eigenvalue weighted by atomic mass is 35.6. The van der Waals surface area contributed by atoms with E-state index in [0.717, 1.165) is 16.6 Å². The number of halogens is 4. The number of fused-ring (bicyclic) bond motifs is 1. The predicted octanol–water partition coefficient (Wildman–Crippen LogP) is 6.07. The summed E-state index contributed by atoms with van der Waals surface area (Å²) < 4.78 is 3.77. The molecule has 25 heavy (non-hydrogen) atoms. The van der Waals surface area contributed by atoms with E-state index in [2.05, 4.69) is 10.3 Å².